The maximum atomic E-state index is 11.0. The van der Waals surface area contributed by atoms with Crippen molar-refractivity contribution >= 4 is 14.2 Å². The Morgan fingerprint density at radius 3 is 2.43 bits per heavy atom. The molecule has 0 fully saturated rings. The van der Waals surface area contributed by atoms with Crippen molar-refractivity contribution in [1.82, 2.24) is 0 Å². The lowest BCUT2D eigenvalue weighted by Crippen LogP contribution is -2.29. The Bertz CT molecular complexity index is 258. The Labute approximate surface area is 83.7 Å². The molecule has 6 heteroatoms. The molecule has 0 bridgehead atoms. The van der Waals surface area contributed by atoms with E-state index in [1.807, 2.05) is 0 Å². The average molecular weight is 222 g/mol. The van der Waals surface area contributed by atoms with Gasteiger partial charge in [0.25, 0.3) is 0 Å². The molecule has 0 saturated carbocycles. The standard InChI is InChI=1S/C8H15O5P/c1-6(2)7(9)12-5-8(3,4)13-14(10)11/h14H,1,5H2,2-4H3,(H,10,11). The highest BCUT2D eigenvalue weighted by molar-refractivity contribution is 7.32. The first-order valence-electron chi connectivity index (χ1n) is 3.99. The smallest absolute Gasteiger partial charge is 0.333 e. The molecule has 0 aromatic rings. The minimum absolute atomic E-state index is 0.0876. The van der Waals surface area contributed by atoms with Gasteiger partial charge in [0.05, 0.1) is 0 Å². The molecule has 0 spiro atoms. The van der Waals surface area contributed by atoms with Crippen LogP contribution < -0.4 is 0 Å². The van der Waals surface area contributed by atoms with Gasteiger partial charge in [-0.3, -0.25) is 4.57 Å². The summed E-state index contributed by atoms with van der Waals surface area (Å²) in [5.41, 5.74) is -0.687. The molecule has 0 aromatic heterocycles. The number of esters is 1. The quantitative estimate of drug-likeness (QED) is 0.431. The maximum Gasteiger partial charge on any atom is 0.333 e. The van der Waals surface area contributed by atoms with Crippen LogP contribution in [0.1, 0.15) is 20.8 Å². The van der Waals surface area contributed by atoms with Gasteiger partial charge in [0.2, 0.25) is 0 Å². The first-order chi connectivity index (χ1) is 6.24. The highest BCUT2D eigenvalue weighted by Gasteiger charge is 2.23. The van der Waals surface area contributed by atoms with Gasteiger partial charge >= 0.3 is 14.2 Å². The van der Waals surface area contributed by atoms with E-state index in [0.717, 1.165) is 0 Å². The molecule has 0 amide bonds. The maximum absolute atomic E-state index is 11.0. The molecule has 1 unspecified atom stereocenters. The molecule has 82 valence electrons. The minimum Gasteiger partial charge on any atom is -0.459 e. The molecular formula is C8H15O5P. The van der Waals surface area contributed by atoms with Crippen LogP contribution in [0.5, 0.6) is 0 Å². The Hall–Kier alpha value is -0.640. The van der Waals surface area contributed by atoms with Crippen LogP contribution >= 0.6 is 8.25 Å². The third kappa shape index (κ3) is 5.91. The Kier molecular flexibility index (Phi) is 5.05. The van der Waals surface area contributed by atoms with Crippen LogP contribution in [-0.4, -0.2) is 23.1 Å². The van der Waals surface area contributed by atoms with Crippen LogP contribution in [0.4, 0.5) is 0 Å². The molecule has 1 N–H and O–H groups in total. The highest BCUT2D eigenvalue weighted by atomic mass is 31.1. The summed E-state index contributed by atoms with van der Waals surface area (Å²) in [6.07, 6.45) is 0. The van der Waals surface area contributed by atoms with Gasteiger partial charge in [-0.25, -0.2) is 4.79 Å². The van der Waals surface area contributed by atoms with Gasteiger partial charge in [0, 0.05) is 5.57 Å². The summed E-state index contributed by atoms with van der Waals surface area (Å²) in [6.45, 7) is 7.93. The molecule has 0 aliphatic heterocycles. The zero-order chi connectivity index (χ0) is 11.4. The van der Waals surface area contributed by atoms with E-state index in [1.165, 1.54) is 6.92 Å². The molecule has 5 nitrogen and oxygen atoms in total. The molecule has 0 aliphatic carbocycles. The second-order valence-electron chi connectivity index (χ2n) is 3.48. The summed E-state index contributed by atoms with van der Waals surface area (Å²) < 4.78 is 19.8. The van der Waals surface area contributed by atoms with Crippen molar-refractivity contribution in [1.29, 1.82) is 0 Å². The lowest BCUT2D eigenvalue weighted by molar-refractivity contribution is -0.144. The molecule has 0 saturated heterocycles. The molecular weight excluding hydrogens is 207 g/mol. The van der Waals surface area contributed by atoms with Gasteiger partial charge in [-0.1, -0.05) is 6.58 Å². The number of hydrogen-bond donors (Lipinski definition) is 1. The number of carbonyl (C=O) groups is 1. The van der Waals surface area contributed by atoms with E-state index in [1.54, 1.807) is 13.8 Å². The molecule has 14 heavy (non-hydrogen) atoms. The second kappa shape index (κ2) is 5.29. The topological polar surface area (TPSA) is 72.8 Å². The van der Waals surface area contributed by atoms with Gasteiger partial charge in [-0.2, -0.15) is 0 Å². The third-order valence-electron chi connectivity index (χ3n) is 1.26. The van der Waals surface area contributed by atoms with Crippen LogP contribution in [0, 0.1) is 0 Å². The Morgan fingerprint density at radius 2 is 2.07 bits per heavy atom. The van der Waals surface area contributed by atoms with Gasteiger partial charge in [0.15, 0.2) is 0 Å². The van der Waals surface area contributed by atoms with Crippen LogP contribution in [0.15, 0.2) is 12.2 Å². The van der Waals surface area contributed by atoms with Crippen molar-refractivity contribution in [3.8, 4) is 0 Å². The van der Waals surface area contributed by atoms with Crippen molar-refractivity contribution in [2.75, 3.05) is 6.61 Å². The number of hydrogen-bond acceptors (Lipinski definition) is 4. The first-order valence-corrected chi connectivity index (χ1v) is 5.25. The predicted molar refractivity (Wildman–Crippen MR) is 52.2 cm³/mol. The van der Waals surface area contributed by atoms with Crippen molar-refractivity contribution in [2.45, 2.75) is 26.4 Å². The van der Waals surface area contributed by atoms with E-state index in [9.17, 15) is 9.36 Å². The molecule has 0 rings (SSSR count). The molecule has 0 aromatic carbocycles. The van der Waals surface area contributed by atoms with E-state index < -0.39 is 19.8 Å². The van der Waals surface area contributed by atoms with Crippen molar-refractivity contribution in [3.05, 3.63) is 12.2 Å². The van der Waals surface area contributed by atoms with Gasteiger partial charge in [-0.15, -0.1) is 0 Å². The Morgan fingerprint density at radius 1 is 1.57 bits per heavy atom. The number of rotatable bonds is 5. The van der Waals surface area contributed by atoms with E-state index in [4.69, 9.17) is 9.63 Å². The van der Waals surface area contributed by atoms with Crippen molar-refractivity contribution in [2.24, 2.45) is 0 Å². The third-order valence-corrected chi connectivity index (χ3v) is 1.99. The lowest BCUT2D eigenvalue weighted by Gasteiger charge is -2.22. The normalized spacial score (nSPS) is 13.4. The molecule has 0 radical (unpaired) electrons. The molecule has 0 heterocycles. The number of ether oxygens (including phenoxy) is 1. The predicted octanol–water partition coefficient (Wildman–Crippen LogP) is 1.28. The second-order valence-corrected chi connectivity index (χ2v) is 4.22. The SMILES string of the molecule is C=C(C)C(=O)OCC(C)(C)O[PH](=O)O. The van der Waals surface area contributed by atoms with Crippen LogP contribution in [0.2, 0.25) is 0 Å². The highest BCUT2D eigenvalue weighted by Crippen LogP contribution is 2.25. The van der Waals surface area contributed by atoms with Gasteiger partial charge in [0.1, 0.15) is 12.2 Å². The van der Waals surface area contributed by atoms with E-state index in [0.29, 0.717) is 0 Å². The van der Waals surface area contributed by atoms with Crippen LogP contribution in [0.25, 0.3) is 0 Å². The monoisotopic (exact) mass is 222 g/mol. The van der Waals surface area contributed by atoms with Gasteiger partial charge in [-0.05, 0) is 20.8 Å². The minimum atomic E-state index is -3.02. The first kappa shape index (κ1) is 13.4. The fourth-order valence-corrected chi connectivity index (χ4v) is 1.16. The largest absolute Gasteiger partial charge is 0.459 e. The molecule has 0 aliphatic rings. The summed E-state index contributed by atoms with van der Waals surface area (Å²) in [4.78, 5) is 19.5. The van der Waals surface area contributed by atoms with Gasteiger partial charge < -0.3 is 14.2 Å². The van der Waals surface area contributed by atoms with Crippen LogP contribution in [-0.2, 0) is 18.6 Å². The zero-order valence-electron chi connectivity index (χ0n) is 8.49. The Balaban J connectivity index is 4.05. The van der Waals surface area contributed by atoms with Crippen molar-refractivity contribution < 1.29 is 23.5 Å². The van der Waals surface area contributed by atoms with E-state index >= 15 is 0 Å². The summed E-state index contributed by atoms with van der Waals surface area (Å²) in [5, 5.41) is 0. The van der Waals surface area contributed by atoms with E-state index in [2.05, 4.69) is 11.1 Å². The van der Waals surface area contributed by atoms with Crippen LogP contribution in [0.3, 0.4) is 0 Å². The fraction of sp³-hybridized carbons (Fsp3) is 0.625. The number of carbonyl (C=O) groups excluding carboxylic acids is 1. The average Bonchev–Trinajstić information content (AvgIpc) is 1.97. The summed E-state index contributed by atoms with van der Waals surface area (Å²) >= 11 is 0. The summed E-state index contributed by atoms with van der Waals surface area (Å²) in [7, 11) is -3.02. The fourth-order valence-electron chi connectivity index (χ4n) is 0.628. The van der Waals surface area contributed by atoms with E-state index in [-0.39, 0.29) is 12.2 Å². The zero-order valence-corrected chi connectivity index (χ0v) is 9.49. The molecule has 1 atom stereocenters. The summed E-state index contributed by atoms with van der Waals surface area (Å²) in [5.74, 6) is -0.542. The van der Waals surface area contributed by atoms with Crippen molar-refractivity contribution in [3.63, 3.8) is 0 Å². The lowest BCUT2D eigenvalue weighted by atomic mass is 10.2. The summed E-state index contributed by atoms with van der Waals surface area (Å²) in [6, 6.07) is 0.